The summed E-state index contributed by atoms with van der Waals surface area (Å²) in [4.78, 5) is 5.21. The van der Waals surface area contributed by atoms with E-state index >= 15 is 0 Å². The van der Waals surface area contributed by atoms with Crippen LogP contribution in [-0.4, -0.2) is 11.9 Å². The summed E-state index contributed by atoms with van der Waals surface area (Å²) in [7, 11) is 0. The van der Waals surface area contributed by atoms with Crippen LogP contribution >= 0.6 is 0 Å². The highest BCUT2D eigenvalue weighted by atomic mass is 16.3. The van der Waals surface area contributed by atoms with Crippen LogP contribution in [0.4, 0.5) is 0 Å². The van der Waals surface area contributed by atoms with Gasteiger partial charge in [0.05, 0.1) is 11.7 Å². The third kappa shape index (κ3) is 3.78. The molecule has 5 aromatic rings. The van der Waals surface area contributed by atoms with Gasteiger partial charge in [-0.1, -0.05) is 115 Å². The zero-order chi connectivity index (χ0) is 26.5. The molecule has 0 radical (unpaired) electrons. The molecule has 0 bridgehead atoms. The maximum absolute atomic E-state index is 6.43. The lowest BCUT2D eigenvalue weighted by molar-refractivity contribution is 0.669. The second kappa shape index (κ2) is 9.25. The van der Waals surface area contributed by atoms with Gasteiger partial charge in [0.2, 0.25) is 0 Å². The topological polar surface area (TPSA) is 37.5 Å². The largest absolute Gasteiger partial charge is 0.456 e. The van der Waals surface area contributed by atoms with Crippen LogP contribution in [0.1, 0.15) is 23.1 Å². The summed E-state index contributed by atoms with van der Waals surface area (Å²) < 4.78 is 6.43. The van der Waals surface area contributed by atoms with Gasteiger partial charge in [-0.3, -0.25) is 0 Å². The minimum Gasteiger partial charge on any atom is -0.456 e. The molecule has 0 amide bonds. The van der Waals surface area contributed by atoms with Crippen molar-refractivity contribution in [3.8, 4) is 11.1 Å². The van der Waals surface area contributed by atoms with Crippen molar-refractivity contribution < 1.29 is 4.42 Å². The normalized spacial score (nSPS) is 17.8. The van der Waals surface area contributed by atoms with E-state index in [1.165, 1.54) is 16.7 Å². The average Bonchev–Trinajstić information content (AvgIpc) is 3.69. The zero-order valence-corrected chi connectivity index (χ0v) is 21.8. The van der Waals surface area contributed by atoms with E-state index in [4.69, 9.17) is 9.41 Å². The molecule has 1 N–H and O–H groups in total. The van der Waals surface area contributed by atoms with Gasteiger partial charge < -0.3 is 9.73 Å². The van der Waals surface area contributed by atoms with Crippen molar-refractivity contribution in [3.63, 3.8) is 0 Å². The Hall–Kier alpha value is -5.15. The molecule has 0 fully saturated rings. The first kappa shape index (κ1) is 22.8. The molecule has 8 rings (SSSR count). The summed E-state index contributed by atoms with van der Waals surface area (Å²) in [6, 6.07) is 32.0. The minimum atomic E-state index is 0.0505. The number of nitrogens with zero attached hydrogens (tertiary/aromatic N) is 1. The molecule has 0 saturated heterocycles. The summed E-state index contributed by atoms with van der Waals surface area (Å²) in [5.74, 6) is 0.842. The summed E-state index contributed by atoms with van der Waals surface area (Å²) in [6.45, 7) is 0. The fraction of sp³-hybridized carbons (Fsp3) is 0.0541. The summed E-state index contributed by atoms with van der Waals surface area (Å²) in [5, 5.41) is 5.94. The van der Waals surface area contributed by atoms with Gasteiger partial charge >= 0.3 is 0 Å². The fourth-order valence-corrected chi connectivity index (χ4v) is 5.96. The number of hydrogen-bond donors (Lipinski definition) is 1. The van der Waals surface area contributed by atoms with Gasteiger partial charge in [-0.05, 0) is 46.9 Å². The van der Waals surface area contributed by atoms with Gasteiger partial charge in [0.1, 0.15) is 17.0 Å². The molecule has 0 saturated carbocycles. The first-order valence-electron chi connectivity index (χ1n) is 13.7. The molecule has 4 aromatic carbocycles. The number of aliphatic imine (C=N–C) groups is 1. The Balaban J connectivity index is 1.33. The van der Waals surface area contributed by atoms with Crippen LogP contribution in [0.5, 0.6) is 0 Å². The van der Waals surface area contributed by atoms with Gasteiger partial charge in [0, 0.05) is 27.5 Å². The van der Waals surface area contributed by atoms with Crippen LogP contribution in [-0.2, 0) is 0 Å². The number of allylic oxidation sites excluding steroid dienone is 6. The second-order valence-corrected chi connectivity index (χ2v) is 10.4. The van der Waals surface area contributed by atoms with Crippen molar-refractivity contribution in [2.24, 2.45) is 4.99 Å². The van der Waals surface area contributed by atoms with Gasteiger partial charge in [-0.2, -0.15) is 0 Å². The summed E-state index contributed by atoms with van der Waals surface area (Å²) in [6.07, 6.45) is 16.2. The molecular formula is C37H26N2O. The Morgan fingerprint density at radius 2 is 1.55 bits per heavy atom. The number of nitrogens with one attached hydrogen (secondary N) is 1. The molecule has 3 aliphatic rings. The quantitative estimate of drug-likeness (QED) is 0.260. The van der Waals surface area contributed by atoms with E-state index in [2.05, 4.69) is 121 Å². The third-order valence-electron chi connectivity index (χ3n) is 7.91. The highest BCUT2D eigenvalue weighted by Gasteiger charge is 2.25. The van der Waals surface area contributed by atoms with Crippen molar-refractivity contribution in [1.29, 1.82) is 0 Å². The van der Waals surface area contributed by atoms with Crippen LogP contribution in [0.25, 0.3) is 44.3 Å². The van der Waals surface area contributed by atoms with E-state index in [1.807, 2.05) is 18.2 Å². The molecule has 1 atom stereocenters. The highest BCUT2D eigenvalue weighted by Crippen LogP contribution is 2.39. The van der Waals surface area contributed by atoms with E-state index in [1.54, 1.807) is 0 Å². The summed E-state index contributed by atoms with van der Waals surface area (Å²) in [5.41, 5.74) is 10.8. The zero-order valence-electron chi connectivity index (χ0n) is 21.8. The van der Waals surface area contributed by atoms with E-state index in [9.17, 15) is 0 Å². The van der Waals surface area contributed by atoms with Crippen molar-refractivity contribution in [2.75, 3.05) is 0 Å². The molecule has 1 unspecified atom stereocenters. The minimum absolute atomic E-state index is 0.0505. The first-order chi connectivity index (χ1) is 19.8. The molecule has 2 aliphatic carbocycles. The lowest BCUT2D eigenvalue weighted by atomic mass is 9.92. The van der Waals surface area contributed by atoms with Crippen LogP contribution < -0.4 is 5.32 Å². The molecule has 2 heterocycles. The molecule has 0 spiro atoms. The van der Waals surface area contributed by atoms with Gasteiger partial charge in [0.15, 0.2) is 0 Å². The van der Waals surface area contributed by atoms with Crippen molar-refractivity contribution in [2.45, 2.75) is 12.5 Å². The SMILES string of the molecule is C1=CC2=C(c3ccccc3)N=C(c3cc(-c4ccc(C5=CCC=C5)cc4)c4c(c3)oc3ccccc34)NC2C=C1. The number of furan rings is 1. The Bertz CT molecular complexity index is 1980. The molecule has 1 aliphatic heterocycles. The maximum Gasteiger partial charge on any atom is 0.136 e. The van der Waals surface area contributed by atoms with E-state index in [-0.39, 0.29) is 6.04 Å². The van der Waals surface area contributed by atoms with Gasteiger partial charge in [0.25, 0.3) is 0 Å². The Morgan fingerprint density at radius 3 is 2.40 bits per heavy atom. The lowest BCUT2D eigenvalue weighted by Crippen LogP contribution is -2.39. The maximum atomic E-state index is 6.43. The van der Waals surface area contributed by atoms with E-state index in [0.29, 0.717) is 0 Å². The Labute approximate surface area is 232 Å². The molecule has 3 nitrogen and oxygen atoms in total. The number of benzene rings is 4. The van der Waals surface area contributed by atoms with Crippen molar-refractivity contribution >= 4 is 39.0 Å². The van der Waals surface area contributed by atoms with E-state index in [0.717, 1.165) is 62.1 Å². The fourth-order valence-electron chi connectivity index (χ4n) is 5.96. The number of para-hydroxylation sites is 1. The summed E-state index contributed by atoms with van der Waals surface area (Å²) >= 11 is 0. The van der Waals surface area contributed by atoms with Crippen LogP contribution in [0, 0.1) is 0 Å². The van der Waals surface area contributed by atoms with Crippen molar-refractivity contribution in [1.82, 2.24) is 5.32 Å². The number of hydrogen-bond acceptors (Lipinski definition) is 3. The molecule has 190 valence electrons. The Morgan fingerprint density at radius 1 is 0.725 bits per heavy atom. The smallest absolute Gasteiger partial charge is 0.136 e. The van der Waals surface area contributed by atoms with Gasteiger partial charge in [-0.25, -0.2) is 4.99 Å². The molecular weight excluding hydrogens is 488 g/mol. The lowest BCUT2D eigenvalue weighted by Gasteiger charge is -2.28. The number of amidine groups is 1. The van der Waals surface area contributed by atoms with Crippen LogP contribution in [0.3, 0.4) is 0 Å². The number of fused-ring (bicyclic) bond motifs is 4. The van der Waals surface area contributed by atoms with Crippen LogP contribution in [0.15, 0.2) is 149 Å². The molecule has 1 aromatic heterocycles. The average molecular weight is 515 g/mol. The van der Waals surface area contributed by atoms with Gasteiger partial charge in [-0.15, -0.1) is 0 Å². The number of rotatable bonds is 4. The Kier molecular flexibility index (Phi) is 5.27. The van der Waals surface area contributed by atoms with Crippen molar-refractivity contribution in [3.05, 3.63) is 156 Å². The standard InChI is InChI=1S/C37H26N2O/c1-2-12-27(13-3-1)36-29-14-6-8-16-32(29)38-37(39-36)28-22-31(26-20-18-25(19-21-26)24-10-4-5-11-24)35-30-15-7-9-17-33(30)40-34(35)23-28/h1-4,6-23,32H,5H2,(H,38,39). The molecule has 3 heteroatoms. The monoisotopic (exact) mass is 514 g/mol. The first-order valence-corrected chi connectivity index (χ1v) is 13.7. The predicted octanol–water partition coefficient (Wildman–Crippen LogP) is 8.85. The second-order valence-electron chi connectivity index (χ2n) is 10.4. The third-order valence-corrected chi connectivity index (χ3v) is 7.91. The molecule has 40 heavy (non-hydrogen) atoms. The predicted molar refractivity (Wildman–Crippen MR) is 166 cm³/mol. The van der Waals surface area contributed by atoms with E-state index < -0.39 is 0 Å². The highest BCUT2D eigenvalue weighted by molar-refractivity contribution is 6.16. The van der Waals surface area contributed by atoms with Crippen LogP contribution in [0.2, 0.25) is 0 Å².